The second-order valence-electron chi connectivity index (χ2n) is 3.61. The minimum absolute atomic E-state index is 0.365. The molecule has 0 spiro atoms. The summed E-state index contributed by atoms with van der Waals surface area (Å²) in [6.07, 6.45) is 5.01. The molecule has 0 amide bonds. The second-order valence-corrected chi connectivity index (χ2v) is 4.48. The van der Waals surface area contributed by atoms with Crippen LogP contribution in [0.2, 0.25) is 0 Å². The molecule has 1 aromatic heterocycles. The molecular formula is C9H16N4OS. The van der Waals surface area contributed by atoms with Crippen LogP contribution in [-0.4, -0.2) is 39.2 Å². The van der Waals surface area contributed by atoms with Crippen LogP contribution in [0, 0.1) is 0 Å². The first-order valence-electron chi connectivity index (χ1n) is 4.56. The smallest absolute Gasteiger partial charge is 0.147 e. The van der Waals surface area contributed by atoms with E-state index in [0.717, 1.165) is 0 Å². The second kappa shape index (κ2) is 5.18. The van der Waals surface area contributed by atoms with E-state index in [2.05, 4.69) is 15.3 Å². The third-order valence-electron chi connectivity index (χ3n) is 1.76. The quantitative estimate of drug-likeness (QED) is 0.684. The van der Waals surface area contributed by atoms with Crippen LogP contribution in [0.25, 0.3) is 0 Å². The first kappa shape index (κ1) is 12.1. The Labute approximate surface area is 93.5 Å². The molecule has 1 heterocycles. The highest BCUT2D eigenvalue weighted by atomic mass is 32.2. The Balaban J connectivity index is 2.49. The Morgan fingerprint density at radius 1 is 1.60 bits per heavy atom. The van der Waals surface area contributed by atoms with Crippen LogP contribution in [0.1, 0.15) is 6.92 Å². The molecule has 1 atom stereocenters. The van der Waals surface area contributed by atoms with Gasteiger partial charge in [0.25, 0.3) is 0 Å². The number of nitrogens with one attached hydrogen (secondary N) is 1. The van der Waals surface area contributed by atoms with Gasteiger partial charge in [-0.2, -0.15) is 11.8 Å². The van der Waals surface area contributed by atoms with Crippen LogP contribution >= 0.6 is 11.8 Å². The molecule has 0 radical (unpaired) electrons. The van der Waals surface area contributed by atoms with Gasteiger partial charge in [-0.25, -0.2) is 4.98 Å². The SMILES string of the molecule is CSCC(C)(O)CNc1cncc(N)n1. The van der Waals surface area contributed by atoms with E-state index in [1.807, 2.05) is 6.26 Å². The number of aliphatic hydroxyl groups is 1. The number of aromatic nitrogens is 2. The minimum Gasteiger partial charge on any atom is -0.387 e. The van der Waals surface area contributed by atoms with Gasteiger partial charge in [-0.1, -0.05) is 0 Å². The van der Waals surface area contributed by atoms with Gasteiger partial charge < -0.3 is 16.2 Å². The molecule has 1 rings (SSSR count). The zero-order chi connectivity index (χ0) is 11.3. The summed E-state index contributed by atoms with van der Waals surface area (Å²) in [7, 11) is 0. The number of hydrogen-bond acceptors (Lipinski definition) is 6. The van der Waals surface area contributed by atoms with Crippen LogP contribution in [0.4, 0.5) is 11.6 Å². The summed E-state index contributed by atoms with van der Waals surface area (Å²) in [6.45, 7) is 2.20. The van der Waals surface area contributed by atoms with Crippen molar-refractivity contribution in [1.29, 1.82) is 0 Å². The average Bonchev–Trinajstić information content (AvgIpc) is 2.15. The molecule has 4 N–H and O–H groups in total. The summed E-state index contributed by atoms with van der Waals surface area (Å²) in [5, 5.41) is 12.9. The van der Waals surface area contributed by atoms with Gasteiger partial charge in [-0.15, -0.1) is 0 Å². The summed E-state index contributed by atoms with van der Waals surface area (Å²) >= 11 is 1.60. The van der Waals surface area contributed by atoms with E-state index >= 15 is 0 Å². The lowest BCUT2D eigenvalue weighted by Crippen LogP contribution is -2.36. The van der Waals surface area contributed by atoms with Gasteiger partial charge in [0.05, 0.1) is 18.0 Å². The van der Waals surface area contributed by atoms with E-state index in [4.69, 9.17) is 5.73 Å². The first-order chi connectivity index (χ1) is 7.03. The minimum atomic E-state index is -0.758. The van der Waals surface area contributed by atoms with E-state index in [9.17, 15) is 5.11 Å². The molecule has 0 bridgehead atoms. The third kappa shape index (κ3) is 4.35. The lowest BCUT2D eigenvalue weighted by Gasteiger charge is -2.22. The Bertz CT molecular complexity index is 319. The Morgan fingerprint density at radius 3 is 2.93 bits per heavy atom. The van der Waals surface area contributed by atoms with Crippen LogP contribution in [0.5, 0.6) is 0 Å². The summed E-state index contributed by atoms with van der Waals surface area (Å²) in [5.74, 6) is 1.61. The summed E-state index contributed by atoms with van der Waals surface area (Å²) in [4.78, 5) is 7.92. The highest BCUT2D eigenvalue weighted by Crippen LogP contribution is 2.12. The molecular weight excluding hydrogens is 212 g/mol. The van der Waals surface area contributed by atoms with Crippen LogP contribution in [0.15, 0.2) is 12.4 Å². The molecule has 15 heavy (non-hydrogen) atoms. The summed E-state index contributed by atoms with van der Waals surface area (Å²) in [5.41, 5.74) is 4.72. The Hall–Kier alpha value is -1.01. The topological polar surface area (TPSA) is 84.1 Å². The molecule has 1 unspecified atom stereocenters. The van der Waals surface area contributed by atoms with Crippen LogP contribution in [-0.2, 0) is 0 Å². The van der Waals surface area contributed by atoms with Crippen LogP contribution < -0.4 is 11.1 Å². The van der Waals surface area contributed by atoms with Gasteiger partial charge >= 0.3 is 0 Å². The molecule has 84 valence electrons. The zero-order valence-corrected chi connectivity index (χ0v) is 9.71. The zero-order valence-electron chi connectivity index (χ0n) is 8.90. The number of rotatable bonds is 5. The molecule has 5 nitrogen and oxygen atoms in total. The highest BCUT2D eigenvalue weighted by molar-refractivity contribution is 7.98. The normalized spacial score (nSPS) is 14.6. The fourth-order valence-corrected chi connectivity index (χ4v) is 1.83. The number of hydrogen-bond donors (Lipinski definition) is 3. The average molecular weight is 228 g/mol. The summed E-state index contributed by atoms with van der Waals surface area (Å²) in [6, 6.07) is 0. The van der Waals surface area contributed by atoms with Crippen molar-refractivity contribution in [3.05, 3.63) is 12.4 Å². The lowest BCUT2D eigenvalue weighted by molar-refractivity contribution is 0.0996. The van der Waals surface area contributed by atoms with E-state index in [0.29, 0.717) is 23.9 Å². The maximum Gasteiger partial charge on any atom is 0.147 e. The molecule has 0 aliphatic heterocycles. The van der Waals surface area contributed by atoms with E-state index < -0.39 is 5.60 Å². The van der Waals surface area contributed by atoms with Gasteiger partial charge in [0, 0.05) is 12.3 Å². The predicted molar refractivity (Wildman–Crippen MR) is 63.9 cm³/mol. The van der Waals surface area contributed by atoms with Crippen LogP contribution in [0.3, 0.4) is 0 Å². The standard InChI is InChI=1S/C9H16N4OS/c1-9(14,6-15-2)5-12-8-4-11-3-7(10)13-8/h3-4,14H,5-6H2,1-2H3,(H3,10,12,13). The van der Waals surface area contributed by atoms with Gasteiger partial charge in [0.15, 0.2) is 0 Å². The third-order valence-corrected chi connectivity index (χ3v) is 2.67. The number of nitrogens with two attached hydrogens (primary N) is 1. The van der Waals surface area contributed by atoms with Crippen molar-refractivity contribution in [2.75, 3.05) is 29.6 Å². The Kier molecular flexibility index (Phi) is 4.16. The van der Waals surface area contributed by atoms with Crippen molar-refractivity contribution >= 4 is 23.4 Å². The van der Waals surface area contributed by atoms with Gasteiger partial charge in [0.2, 0.25) is 0 Å². The molecule has 0 saturated heterocycles. The molecule has 6 heteroatoms. The van der Waals surface area contributed by atoms with Gasteiger partial charge in [0.1, 0.15) is 11.6 Å². The molecule has 0 fully saturated rings. The fourth-order valence-electron chi connectivity index (χ4n) is 1.11. The molecule has 1 aromatic rings. The Morgan fingerprint density at radius 2 is 2.33 bits per heavy atom. The number of nitrogen functional groups attached to an aromatic ring is 1. The lowest BCUT2D eigenvalue weighted by atomic mass is 10.1. The summed E-state index contributed by atoms with van der Waals surface area (Å²) < 4.78 is 0. The van der Waals surface area contributed by atoms with Crippen molar-refractivity contribution < 1.29 is 5.11 Å². The first-order valence-corrected chi connectivity index (χ1v) is 5.95. The van der Waals surface area contributed by atoms with Gasteiger partial charge in [-0.05, 0) is 13.2 Å². The van der Waals surface area contributed by atoms with Gasteiger partial charge in [-0.3, -0.25) is 4.98 Å². The number of thioether (sulfide) groups is 1. The van der Waals surface area contributed by atoms with Crippen molar-refractivity contribution in [2.24, 2.45) is 0 Å². The molecule has 0 aliphatic carbocycles. The van der Waals surface area contributed by atoms with E-state index in [1.54, 1.807) is 24.9 Å². The highest BCUT2D eigenvalue weighted by Gasteiger charge is 2.19. The van der Waals surface area contributed by atoms with Crippen molar-refractivity contribution in [3.63, 3.8) is 0 Å². The molecule has 0 aliphatic rings. The van der Waals surface area contributed by atoms with Crippen molar-refractivity contribution in [1.82, 2.24) is 9.97 Å². The van der Waals surface area contributed by atoms with E-state index in [1.165, 1.54) is 6.20 Å². The van der Waals surface area contributed by atoms with E-state index in [-0.39, 0.29) is 0 Å². The van der Waals surface area contributed by atoms with Crippen molar-refractivity contribution in [2.45, 2.75) is 12.5 Å². The predicted octanol–water partition coefficient (Wildman–Crippen LogP) is 0.585. The fraction of sp³-hybridized carbons (Fsp3) is 0.556. The van der Waals surface area contributed by atoms with Crippen molar-refractivity contribution in [3.8, 4) is 0 Å². The maximum atomic E-state index is 9.88. The molecule has 0 aromatic carbocycles. The molecule has 0 saturated carbocycles. The monoisotopic (exact) mass is 228 g/mol. The number of nitrogens with zero attached hydrogens (tertiary/aromatic N) is 2. The number of anilines is 2. The maximum absolute atomic E-state index is 9.88. The largest absolute Gasteiger partial charge is 0.387 e.